The molecule has 0 radical (unpaired) electrons. The van der Waals surface area contributed by atoms with E-state index in [1.165, 1.54) is 0 Å². The molecule has 0 atom stereocenters. The van der Waals surface area contributed by atoms with Crippen LogP contribution >= 0.6 is 15.9 Å². The van der Waals surface area contributed by atoms with Gasteiger partial charge in [0.1, 0.15) is 0 Å². The fourth-order valence-corrected chi connectivity index (χ4v) is 1.54. The number of carbonyl (C=O) groups is 2. The molecule has 0 heterocycles. The molecule has 0 bridgehead atoms. The third-order valence-corrected chi connectivity index (χ3v) is 2.71. The summed E-state index contributed by atoms with van der Waals surface area (Å²) in [4.78, 5) is 22.4. The lowest BCUT2D eigenvalue weighted by atomic mass is 10.1. The molecule has 0 aromatic heterocycles. The van der Waals surface area contributed by atoms with E-state index >= 15 is 0 Å². The Morgan fingerprint density at radius 3 is 2.43 bits per heavy atom. The number of ketones is 2. The van der Waals surface area contributed by atoms with Gasteiger partial charge in [-0.25, -0.2) is 0 Å². The molecule has 0 aliphatic rings. The third-order valence-electron chi connectivity index (χ3n) is 1.94. The maximum Gasteiger partial charge on any atom is 0.202 e. The van der Waals surface area contributed by atoms with Gasteiger partial charge in [0.05, 0.1) is 0 Å². The van der Waals surface area contributed by atoms with Crippen LogP contribution in [-0.4, -0.2) is 11.6 Å². The van der Waals surface area contributed by atoms with Crippen LogP contribution in [0.25, 0.3) is 0 Å². The molecular formula is C11H11BrO2. The number of hydrogen-bond donors (Lipinski definition) is 0. The first-order valence-electron chi connectivity index (χ1n) is 4.44. The summed E-state index contributed by atoms with van der Waals surface area (Å²) in [5.41, 5.74) is 0.860. The van der Waals surface area contributed by atoms with Crippen molar-refractivity contribution >= 4 is 27.5 Å². The highest BCUT2D eigenvalue weighted by atomic mass is 79.9. The van der Waals surface area contributed by atoms with Gasteiger partial charge in [0.25, 0.3) is 0 Å². The van der Waals surface area contributed by atoms with Crippen molar-refractivity contribution in [3.8, 4) is 0 Å². The topological polar surface area (TPSA) is 34.1 Å². The fourth-order valence-electron chi connectivity index (χ4n) is 1.11. The van der Waals surface area contributed by atoms with Crippen molar-refractivity contribution in [1.29, 1.82) is 0 Å². The Balaban J connectivity index is 2.75. The highest BCUT2D eigenvalue weighted by molar-refractivity contribution is 9.10. The van der Waals surface area contributed by atoms with Crippen molar-refractivity contribution in [3.05, 3.63) is 34.3 Å². The van der Waals surface area contributed by atoms with Crippen LogP contribution in [0.2, 0.25) is 0 Å². The van der Waals surface area contributed by atoms with E-state index < -0.39 is 0 Å². The van der Waals surface area contributed by atoms with Crippen molar-refractivity contribution in [3.63, 3.8) is 0 Å². The standard InChI is InChI=1S/C11H11BrO2/c1-2-10(13)11(14)7-8-5-3-4-6-9(8)12/h3-6H,2,7H2,1H3. The van der Waals surface area contributed by atoms with E-state index in [0.29, 0.717) is 0 Å². The summed E-state index contributed by atoms with van der Waals surface area (Å²) in [6, 6.07) is 7.42. The molecule has 0 saturated carbocycles. The van der Waals surface area contributed by atoms with E-state index in [0.717, 1.165) is 10.0 Å². The van der Waals surface area contributed by atoms with Crippen LogP contribution in [0, 0.1) is 0 Å². The molecular weight excluding hydrogens is 244 g/mol. The summed E-state index contributed by atoms with van der Waals surface area (Å²) in [5, 5.41) is 0. The van der Waals surface area contributed by atoms with E-state index in [2.05, 4.69) is 15.9 Å². The van der Waals surface area contributed by atoms with Crippen LogP contribution in [0.1, 0.15) is 18.9 Å². The second kappa shape index (κ2) is 5.05. The van der Waals surface area contributed by atoms with E-state index in [9.17, 15) is 9.59 Å². The van der Waals surface area contributed by atoms with Gasteiger partial charge in [0.15, 0.2) is 5.78 Å². The van der Waals surface area contributed by atoms with Gasteiger partial charge < -0.3 is 0 Å². The smallest absolute Gasteiger partial charge is 0.202 e. The number of rotatable bonds is 4. The molecule has 14 heavy (non-hydrogen) atoms. The highest BCUT2D eigenvalue weighted by Crippen LogP contribution is 2.16. The minimum Gasteiger partial charge on any atom is -0.291 e. The second-order valence-electron chi connectivity index (χ2n) is 2.97. The molecule has 3 heteroatoms. The van der Waals surface area contributed by atoms with E-state index in [4.69, 9.17) is 0 Å². The van der Waals surface area contributed by atoms with Gasteiger partial charge >= 0.3 is 0 Å². The van der Waals surface area contributed by atoms with Crippen molar-refractivity contribution in [2.24, 2.45) is 0 Å². The predicted molar refractivity (Wildman–Crippen MR) is 58.2 cm³/mol. The monoisotopic (exact) mass is 254 g/mol. The summed E-state index contributed by atoms with van der Waals surface area (Å²) in [6.45, 7) is 1.69. The Labute approximate surface area is 91.4 Å². The molecule has 1 aromatic carbocycles. The van der Waals surface area contributed by atoms with Gasteiger partial charge in [-0.2, -0.15) is 0 Å². The third kappa shape index (κ3) is 2.77. The van der Waals surface area contributed by atoms with Crippen molar-refractivity contribution < 1.29 is 9.59 Å². The van der Waals surface area contributed by atoms with Gasteiger partial charge in [-0.05, 0) is 11.6 Å². The second-order valence-corrected chi connectivity index (χ2v) is 3.82. The molecule has 1 aromatic rings. The summed E-state index contributed by atoms with van der Waals surface area (Å²) in [7, 11) is 0. The van der Waals surface area contributed by atoms with E-state index in [1.807, 2.05) is 24.3 Å². The quantitative estimate of drug-likeness (QED) is 0.775. The molecule has 0 spiro atoms. The minimum atomic E-state index is -0.320. The van der Waals surface area contributed by atoms with Crippen molar-refractivity contribution in [2.75, 3.05) is 0 Å². The van der Waals surface area contributed by atoms with Crippen LogP contribution in [-0.2, 0) is 16.0 Å². The average molecular weight is 255 g/mol. The van der Waals surface area contributed by atoms with Crippen molar-refractivity contribution in [2.45, 2.75) is 19.8 Å². The Kier molecular flexibility index (Phi) is 4.01. The zero-order valence-electron chi connectivity index (χ0n) is 7.92. The molecule has 0 N–H and O–H groups in total. The summed E-state index contributed by atoms with van der Waals surface area (Å²) < 4.78 is 0.872. The zero-order chi connectivity index (χ0) is 10.6. The van der Waals surface area contributed by atoms with Gasteiger partial charge in [-0.1, -0.05) is 41.1 Å². The molecule has 0 fully saturated rings. The fraction of sp³-hybridized carbons (Fsp3) is 0.273. The Bertz CT molecular complexity index is 358. The lowest BCUT2D eigenvalue weighted by molar-refractivity contribution is -0.136. The van der Waals surface area contributed by atoms with Gasteiger partial charge in [0, 0.05) is 17.3 Å². The molecule has 0 aliphatic heterocycles. The average Bonchev–Trinajstić information content (AvgIpc) is 2.20. The molecule has 0 amide bonds. The molecule has 1 rings (SSSR count). The van der Waals surface area contributed by atoms with Crippen LogP contribution in [0.3, 0.4) is 0 Å². The predicted octanol–water partition coefficient (Wildman–Crippen LogP) is 2.54. The van der Waals surface area contributed by atoms with Crippen LogP contribution < -0.4 is 0 Å². The maximum absolute atomic E-state index is 11.3. The number of halogens is 1. The molecule has 74 valence electrons. The van der Waals surface area contributed by atoms with Crippen LogP contribution in [0.4, 0.5) is 0 Å². The number of Topliss-reactive ketones (excluding diaryl/α,β-unsaturated/α-hetero) is 2. The van der Waals surface area contributed by atoms with E-state index in [1.54, 1.807) is 6.92 Å². The SMILES string of the molecule is CCC(=O)C(=O)Cc1ccccc1Br. The van der Waals surface area contributed by atoms with Gasteiger partial charge in [-0.3, -0.25) is 9.59 Å². The number of carbonyl (C=O) groups excluding carboxylic acids is 2. The van der Waals surface area contributed by atoms with Gasteiger partial charge in [-0.15, -0.1) is 0 Å². The number of benzene rings is 1. The Morgan fingerprint density at radius 1 is 1.21 bits per heavy atom. The molecule has 0 saturated heterocycles. The Morgan fingerprint density at radius 2 is 1.86 bits per heavy atom. The molecule has 0 aliphatic carbocycles. The highest BCUT2D eigenvalue weighted by Gasteiger charge is 2.12. The van der Waals surface area contributed by atoms with Crippen molar-refractivity contribution in [1.82, 2.24) is 0 Å². The summed E-state index contributed by atoms with van der Waals surface area (Å²) in [5.74, 6) is -0.625. The number of hydrogen-bond acceptors (Lipinski definition) is 2. The lowest BCUT2D eigenvalue weighted by Crippen LogP contribution is -2.15. The van der Waals surface area contributed by atoms with Crippen LogP contribution in [0.5, 0.6) is 0 Å². The van der Waals surface area contributed by atoms with Gasteiger partial charge in [0.2, 0.25) is 5.78 Å². The normalized spacial score (nSPS) is 9.86. The first-order chi connectivity index (χ1) is 6.65. The largest absolute Gasteiger partial charge is 0.291 e. The lowest BCUT2D eigenvalue weighted by Gasteiger charge is -2.01. The summed E-state index contributed by atoms with van der Waals surface area (Å²) in [6.07, 6.45) is 0.470. The summed E-state index contributed by atoms with van der Waals surface area (Å²) >= 11 is 3.33. The molecule has 0 unspecified atom stereocenters. The first kappa shape index (κ1) is 11.1. The molecule has 2 nitrogen and oxygen atoms in total. The first-order valence-corrected chi connectivity index (χ1v) is 5.24. The maximum atomic E-state index is 11.3. The van der Waals surface area contributed by atoms with Crippen LogP contribution in [0.15, 0.2) is 28.7 Å². The minimum absolute atomic E-state index is 0.189. The van der Waals surface area contributed by atoms with E-state index in [-0.39, 0.29) is 24.4 Å². The Hall–Kier alpha value is -0.960. The zero-order valence-corrected chi connectivity index (χ0v) is 9.50.